The summed E-state index contributed by atoms with van der Waals surface area (Å²) in [6, 6.07) is 15.2. The van der Waals surface area contributed by atoms with Crippen molar-refractivity contribution >= 4 is 39.1 Å². The Morgan fingerprint density at radius 1 is 1.03 bits per heavy atom. The molecule has 1 aliphatic rings. The molecule has 4 heterocycles. The second-order valence-corrected chi connectivity index (χ2v) is 9.24. The van der Waals surface area contributed by atoms with Gasteiger partial charge in [0, 0.05) is 36.3 Å². The van der Waals surface area contributed by atoms with Crippen LogP contribution in [0.4, 0.5) is 28.8 Å². The Kier molecular flexibility index (Phi) is 6.29. The first-order valence-corrected chi connectivity index (χ1v) is 12.0. The molecule has 0 radical (unpaired) electrons. The normalized spacial score (nSPS) is 14.8. The van der Waals surface area contributed by atoms with Crippen LogP contribution in [0, 0.1) is 0 Å². The van der Waals surface area contributed by atoms with Gasteiger partial charge >= 0.3 is 12.2 Å². The summed E-state index contributed by atoms with van der Waals surface area (Å²) in [6.07, 6.45) is -1.60. The SMILES string of the molecule is O=C(Nc1cccs1)N1CCC(Nc2ncc(-c3ccccc3)c3nc(C(F)(F)F)ccc23)CC1. The molecule has 0 spiro atoms. The molecule has 0 aliphatic carbocycles. The van der Waals surface area contributed by atoms with Gasteiger partial charge in [-0.25, -0.2) is 14.8 Å². The number of urea groups is 1. The van der Waals surface area contributed by atoms with Crippen molar-refractivity contribution in [1.82, 2.24) is 14.9 Å². The third-order valence-corrected chi connectivity index (χ3v) is 6.76. The molecule has 1 fully saturated rings. The van der Waals surface area contributed by atoms with Crippen LogP contribution < -0.4 is 10.6 Å². The number of rotatable bonds is 4. The Bertz CT molecular complexity index is 1320. The van der Waals surface area contributed by atoms with E-state index in [0.29, 0.717) is 42.7 Å². The van der Waals surface area contributed by atoms with E-state index in [1.165, 1.54) is 17.4 Å². The minimum atomic E-state index is -4.55. The summed E-state index contributed by atoms with van der Waals surface area (Å²) in [5, 5.41) is 9.50. The molecule has 10 heteroatoms. The van der Waals surface area contributed by atoms with Crippen molar-refractivity contribution in [2.24, 2.45) is 0 Å². The van der Waals surface area contributed by atoms with Crippen LogP contribution in [0.3, 0.4) is 0 Å². The van der Waals surface area contributed by atoms with Crippen molar-refractivity contribution in [2.45, 2.75) is 25.1 Å². The van der Waals surface area contributed by atoms with E-state index >= 15 is 0 Å². The summed E-state index contributed by atoms with van der Waals surface area (Å²) in [4.78, 5) is 22.8. The number of halogens is 3. The molecule has 4 aromatic rings. The molecule has 0 bridgehead atoms. The van der Waals surface area contributed by atoms with Gasteiger partial charge in [-0.15, -0.1) is 11.3 Å². The summed E-state index contributed by atoms with van der Waals surface area (Å²) < 4.78 is 40.2. The number of piperidine rings is 1. The lowest BCUT2D eigenvalue weighted by Gasteiger charge is -2.32. The van der Waals surface area contributed by atoms with Crippen molar-refractivity contribution in [1.29, 1.82) is 0 Å². The number of fused-ring (bicyclic) bond motifs is 1. The molecule has 1 aliphatic heterocycles. The summed E-state index contributed by atoms with van der Waals surface area (Å²) in [6.45, 7) is 1.12. The van der Waals surface area contributed by atoms with Gasteiger partial charge in [-0.1, -0.05) is 30.3 Å². The van der Waals surface area contributed by atoms with E-state index < -0.39 is 11.9 Å². The maximum Gasteiger partial charge on any atom is 0.433 e. The number of pyridine rings is 2. The zero-order chi connectivity index (χ0) is 24.4. The number of carbonyl (C=O) groups is 1. The van der Waals surface area contributed by atoms with E-state index in [2.05, 4.69) is 20.6 Å². The largest absolute Gasteiger partial charge is 0.433 e. The quantitative estimate of drug-likeness (QED) is 0.338. The Hall–Kier alpha value is -3.66. The molecule has 0 atom stereocenters. The molecule has 1 aromatic carbocycles. The first kappa shape index (κ1) is 23.1. The third kappa shape index (κ3) is 5.07. The molecule has 180 valence electrons. The van der Waals surface area contributed by atoms with E-state index in [-0.39, 0.29) is 17.6 Å². The first-order chi connectivity index (χ1) is 16.9. The van der Waals surface area contributed by atoms with Crippen molar-refractivity contribution in [3.63, 3.8) is 0 Å². The van der Waals surface area contributed by atoms with Crippen LogP contribution in [0.2, 0.25) is 0 Å². The number of amides is 2. The van der Waals surface area contributed by atoms with Gasteiger partial charge in [0.1, 0.15) is 11.5 Å². The molecular formula is C25H22F3N5OS. The Morgan fingerprint density at radius 2 is 1.80 bits per heavy atom. The number of aromatic nitrogens is 2. The van der Waals surface area contributed by atoms with Gasteiger partial charge in [-0.2, -0.15) is 13.2 Å². The molecule has 3 aromatic heterocycles. The maximum atomic E-state index is 13.4. The minimum absolute atomic E-state index is 0.0290. The van der Waals surface area contributed by atoms with Crippen molar-refractivity contribution in [3.05, 3.63) is 71.9 Å². The van der Waals surface area contributed by atoms with E-state index in [9.17, 15) is 18.0 Å². The van der Waals surface area contributed by atoms with Crippen LogP contribution in [0.15, 0.2) is 66.2 Å². The summed E-state index contributed by atoms with van der Waals surface area (Å²) in [5.74, 6) is 0.488. The van der Waals surface area contributed by atoms with Crippen LogP contribution >= 0.6 is 11.3 Å². The monoisotopic (exact) mass is 497 g/mol. The molecule has 2 N–H and O–H groups in total. The molecule has 0 saturated carbocycles. The van der Waals surface area contributed by atoms with E-state index in [1.54, 1.807) is 11.1 Å². The number of nitrogens with one attached hydrogen (secondary N) is 2. The van der Waals surface area contributed by atoms with Crippen molar-refractivity contribution < 1.29 is 18.0 Å². The van der Waals surface area contributed by atoms with Crippen LogP contribution in [-0.4, -0.2) is 40.0 Å². The highest BCUT2D eigenvalue weighted by atomic mass is 32.1. The van der Waals surface area contributed by atoms with Gasteiger partial charge in [-0.3, -0.25) is 5.32 Å². The summed E-state index contributed by atoms with van der Waals surface area (Å²) in [5.41, 5.74) is 0.589. The first-order valence-electron chi connectivity index (χ1n) is 11.2. The number of hydrogen-bond donors (Lipinski definition) is 2. The third-order valence-electron chi connectivity index (χ3n) is 5.98. The van der Waals surface area contributed by atoms with Gasteiger partial charge < -0.3 is 10.2 Å². The standard InChI is InChI=1S/C25H22F3N5OS/c26-25(27,28)20-9-8-18-22(31-20)19(16-5-2-1-3-6-16)15-29-23(18)30-17-10-12-33(13-11-17)24(34)32-21-7-4-14-35-21/h1-9,14-15,17H,10-13H2,(H,29,30)(H,32,34). The molecule has 2 amide bonds. The average molecular weight is 498 g/mol. The molecule has 6 nitrogen and oxygen atoms in total. The fourth-order valence-corrected chi connectivity index (χ4v) is 4.78. The summed E-state index contributed by atoms with van der Waals surface area (Å²) >= 11 is 1.47. The Balaban J connectivity index is 1.37. The van der Waals surface area contributed by atoms with Crippen LogP contribution in [0.25, 0.3) is 22.0 Å². The fraction of sp³-hybridized carbons (Fsp3) is 0.240. The highest BCUT2D eigenvalue weighted by molar-refractivity contribution is 7.14. The van der Waals surface area contributed by atoms with Gasteiger partial charge in [0.05, 0.1) is 10.5 Å². The number of benzene rings is 1. The number of thiophene rings is 1. The number of likely N-dealkylation sites (tertiary alicyclic amines) is 1. The maximum absolute atomic E-state index is 13.4. The van der Waals surface area contributed by atoms with E-state index in [0.717, 1.165) is 16.6 Å². The zero-order valence-corrected chi connectivity index (χ0v) is 19.4. The van der Waals surface area contributed by atoms with Gasteiger partial charge in [0.15, 0.2) is 0 Å². The van der Waals surface area contributed by atoms with Crippen LogP contribution in [0.1, 0.15) is 18.5 Å². The predicted molar refractivity (Wildman–Crippen MR) is 132 cm³/mol. The molecule has 1 saturated heterocycles. The van der Waals surface area contributed by atoms with E-state index in [1.807, 2.05) is 47.8 Å². The molecule has 35 heavy (non-hydrogen) atoms. The lowest BCUT2D eigenvalue weighted by Crippen LogP contribution is -2.44. The summed E-state index contributed by atoms with van der Waals surface area (Å²) in [7, 11) is 0. The topological polar surface area (TPSA) is 70.2 Å². The smallest absolute Gasteiger partial charge is 0.367 e. The van der Waals surface area contributed by atoms with Crippen LogP contribution in [0.5, 0.6) is 0 Å². The minimum Gasteiger partial charge on any atom is -0.367 e. The van der Waals surface area contributed by atoms with E-state index in [4.69, 9.17) is 0 Å². The Morgan fingerprint density at radius 3 is 2.49 bits per heavy atom. The van der Waals surface area contributed by atoms with Crippen molar-refractivity contribution in [3.8, 4) is 11.1 Å². The molecule has 5 rings (SSSR count). The van der Waals surface area contributed by atoms with Gasteiger partial charge in [0.2, 0.25) is 0 Å². The van der Waals surface area contributed by atoms with Crippen molar-refractivity contribution in [2.75, 3.05) is 23.7 Å². The van der Waals surface area contributed by atoms with Gasteiger partial charge in [-0.05, 0) is 48.1 Å². The Labute approximate surface area is 203 Å². The second-order valence-electron chi connectivity index (χ2n) is 8.29. The zero-order valence-electron chi connectivity index (χ0n) is 18.5. The highest BCUT2D eigenvalue weighted by Crippen LogP contribution is 2.35. The number of alkyl halides is 3. The number of nitrogens with zero attached hydrogens (tertiary/aromatic N) is 3. The number of anilines is 2. The highest BCUT2D eigenvalue weighted by Gasteiger charge is 2.33. The average Bonchev–Trinajstić information content (AvgIpc) is 3.37. The molecule has 0 unspecified atom stereocenters. The number of carbonyl (C=O) groups excluding carboxylic acids is 1. The second kappa shape index (κ2) is 9.53. The fourth-order valence-electron chi connectivity index (χ4n) is 4.17. The van der Waals surface area contributed by atoms with Crippen LogP contribution in [-0.2, 0) is 6.18 Å². The lowest BCUT2D eigenvalue weighted by molar-refractivity contribution is -0.140. The lowest BCUT2D eigenvalue weighted by atomic mass is 10.0. The van der Waals surface area contributed by atoms with Gasteiger partial charge in [0.25, 0.3) is 0 Å². The predicted octanol–water partition coefficient (Wildman–Crippen LogP) is 6.49. The molecular weight excluding hydrogens is 475 g/mol. The number of hydrogen-bond acceptors (Lipinski definition) is 5.